The Balaban J connectivity index is 0.000000214. The van der Waals surface area contributed by atoms with E-state index in [1.165, 1.54) is 12.4 Å². The normalized spacial score (nSPS) is 16.0. The molecule has 3 N–H and O–H groups in total. The van der Waals surface area contributed by atoms with Crippen molar-refractivity contribution in [2.75, 3.05) is 31.1 Å². The first-order valence-corrected chi connectivity index (χ1v) is 13.7. The van der Waals surface area contributed by atoms with E-state index in [1.807, 2.05) is 0 Å². The third-order valence-electron chi connectivity index (χ3n) is 5.59. The summed E-state index contributed by atoms with van der Waals surface area (Å²) in [5.41, 5.74) is 0.842. The van der Waals surface area contributed by atoms with Crippen LogP contribution in [0.1, 0.15) is 39.5 Å². The van der Waals surface area contributed by atoms with Crippen molar-refractivity contribution in [1.82, 2.24) is 25.9 Å². The summed E-state index contributed by atoms with van der Waals surface area (Å²) in [5.74, 6) is 0.111. The molecule has 4 heterocycles. The molecule has 0 aliphatic carbocycles. The van der Waals surface area contributed by atoms with Crippen molar-refractivity contribution in [3.8, 4) is 0 Å². The van der Waals surface area contributed by atoms with E-state index < -0.39 is 0 Å². The molecule has 204 valence electrons. The second-order valence-corrected chi connectivity index (χ2v) is 10.6. The second-order valence-electron chi connectivity index (χ2n) is 8.56. The fraction of sp³-hybridized carbons (Fsp3) is 0.500. The fourth-order valence-corrected chi connectivity index (χ4v) is 4.96. The SMILES string of the molecule is CC(=O)NC1CCN(c2c(Cl)cncc2Cl)CC1.CC(=O)NC1CCNCC1.Clc1cncc(Cl)c1Cl. The molecule has 0 bridgehead atoms. The molecular formula is C24H31Cl5N6O2. The predicted octanol–water partition coefficient (Wildman–Crippen LogP) is 5.41. The molecule has 0 spiro atoms. The van der Waals surface area contributed by atoms with Gasteiger partial charge in [0.25, 0.3) is 0 Å². The zero-order valence-electron chi connectivity index (χ0n) is 20.7. The van der Waals surface area contributed by atoms with Gasteiger partial charge in [0.1, 0.15) is 0 Å². The fourth-order valence-electron chi connectivity index (χ4n) is 3.89. The van der Waals surface area contributed by atoms with E-state index >= 15 is 0 Å². The molecule has 4 rings (SSSR count). The summed E-state index contributed by atoms with van der Waals surface area (Å²) in [4.78, 5) is 31.4. The summed E-state index contributed by atoms with van der Waals surface area (Å²) in [6.45, 7) is 6.84. The van der Waals surface area contributed by atoms with Gasteiger partial charge in [-0.3, -0.25) is 19.6 Å². The van der Waals surface area contributed by atoms with Crippen LogP contribution in [-0.2, 0) is 9.59 Å². The van der Waals surface area contributed by atoms with Gasteiger partial charge >= 0.3 is 0 Å². The molecule has 0 atom stereocenters. The van der Waals surface area contributed by atoms with Gasteiger partial charge in [-0.2, -0.15) is 0 Å². The van der Waals surface area contributed by atoms with Crippen LogP contribution in [-0.4, -0.2) is 60.0 Å². The molecule has 2 aliphatic heterocycles. The van der Waals surface area contributed by atoms with Crippen LogP contribution in [0.25, 0.3) is 0 Å². The van der Waals surface area contributed by atoms with E-state index in [9.17, 15) is 9.59 Å². The monoisotopic (exact) mass is 610 g/mol. The van der Waals surface area contributed by atoms with Crippen LogP contribution >= 0.6 is 58.0 Å². The van der Waals surface area contributed by atoms with E-state index in [4.69, 9.17) is 58.0 Å². The molecule has 0 radical (unpaired) electrons. The van der Waals surface area contributed by atoms with Crippen LogP contribution < -0.4 is 20.9 Å². The third kappa shape index (κ3) is 11.4. The van der Waals surface area contributed by atoms with Crippen molar-refractivity contribution in [3.05, 3.63) is 49.9 Å². The van der Waals surface area contributed by atoms with Crippen molar-refractivity contribution >= 4 is 75.5 Å². The standard InChI is InChI=1S/C12H15Cl2N3O.C7H14N2O.C5H2Cl3N/c1-8(18)16-9-2-4-17(5-3-9)12-10(13)6-15-7-11(12)14;1-6(10)9-7-2-4-8-5-3-7;6-3-1-9-2-4(7)5(3)8/h6-7,9H,2-5H2,1H3,(H,16,18);7-8H,2-5H2,1H3,(H,9,10);1-2H. The maximum atomic E-state index is 11.0. The number of nitrogens with one attached hydrogen (secondary N) is 3. The van der Waals surface area contributed by atoms with E-state index in [-0.39, 0.29) is 17.9 Å². The Kier molecular flexibility index (Phi) is 14.1. The Labute approximate surface area is 242 Å². The summed E-state index contributed by atoms with van der Waals surface area (Å²) in [7, 11) is 0. The molecule has 2 fully saturated rings. The molecule has 0 saturated carbocycles. The van der Waals surface area contributed by atoms with E-state index in [2.05, 4.69) is 30.8 Å². The molecule has 2 aromatic heterocycles. The molecule has 8 nitrogen and oxygen atoms in total. The molecule has 0 aromatic carbocycles. The van der Waals surface area contributed by atoms with Crippen molar-refractivity contribution in [2.45, 2.75) is 51.6 Å². The first-order chi connectivity index (χ1) is 17.6. The van der Waals surface area contributed by atoms with Crippen LogP contribution in [0.15, 0.2) is 24.8 Å². The van der Waals surface area contributed by atoms with Crippen molar-refractivity contribution in [1.29, 1.82) is 0 Å². The average molecular weight is 613 g/mol. The minimum Gasteiger partial charge on any atom is -0.369 e. The highest BCUT2D eigenvalue weighted by Crippen LogP contribution is 2.34. The number of anilines is 1. The Morgan fingerprint density at radius 2 is 1.16 bits per heavy atom. The number of pyridine rings is 2. The Bertz CT molecular complexity index is 990. The molecular weight excluding hydrogens is 582 g/mol. The van der Waals surface area contributed by atoms with Crippen LogP contribution in [0, 0.1) is 0 Å². The van der Waals surface area contributed by atoms with E-state index in [0.717, 1.165) is 57.5 Å². The lowest BCUT2D eigenvalue weighted by Crippen LogP contribution is -2.44. The van der Waals surface area contributed by atoms with Gasteiger partial charge in [-0.25, -0.2) is 0 Å². The molecule has 2 aromatic rings. The summed E-state index contributed by atoms with van der Waals surface area (Å²) >= 11 is 28.9. The first kappa shape index (κ1) is 31.7. The molecule has 2 aliphatic rings. The van der Waals surface area contributed by atoms with Gasteiger partial charge < -0.3 is 20.9 Å². The zero-order valence-corrected chi connectivity index (χ0v) is 24.4. The minimum atomic E-state index is 0.0217. The number of carbonyl (C=O) groups excluding carboxylic acids is 2. The van der Waals surface area contributed by atoms with Crippen molar-refractivity contribution in [2.24, 2.45) is 0 Å². The number of amides is 2. The summed E-state index contributed by atoms with van der Waals surface area (Å²) in [6, 6.07) is 0.664. The van der Waals surface area contributed by atoms with Crippen LogP contribution in [0.5, 0.6) is 0 Å². The van der Waals surface area contributed by atoms with E-state index in [1.54, 1.807) is 26.2 Å². The Hall–Kier alpha value is -1.55. The average Bonchev–Trinajstić information content (AvgIpc) is 2.84. The number of piperidine rings is 2. The first-order valence-electron chi connectivity index (χ1n) is 11.8. The lowest BCUT2D eigenvalue weighted by atomic mass is 10.0. The lowest BCUT2D eigenvalue weighted by molar-refractivity contribution is -0.120. The molecule has 13 heteroatoms. The zero-order chi connectivity index (χ0) is 27.4. The number of hydrogen-bond donors (Lipinski definition) is 3. The maximum Gasteiger partial charge on any atom is 0.217 e. The van der Waals surface area contributed by atoms with Gasteiger partial charge in [-0.05, 0) is 38.8 Å². The Morgan fingerprint density at radius 3 is 1.57 bits per heavy atom. The minimum absolute atomic E-state index is 0.0217. The van der Waals surface area contributed by atoms with Crippen LogP contribution in [0.4, 0.5) is 5.69 Å². The van der Waals surface area contributed by atoms with Gasteiger partial charge in [-0.1, -0.05) is 58.0 Å². The van der Waals surface area contributed by atoms with Crippen LogP contribution in [0.3, 0.4) is 0 Å². The molecule has 2 amide bonds. The Morgan fingerprint density at radius 1 is 0.757 bits per heavy atom. The number of halogens is 5. The summed E-state index contributed by atoms with van der Waals surface area (Å²) in [6.07, 6.45) is 10.0. The number of aromatic nitrogens is 2. The number of nitrogens with zero attached hydrogens (tertiary/aromatic N) is 3. The number of rotatable bonds is 3. The van der Waals surface area contributed by atoms with Crippen LogP contribution in [0.2, 0.25) is 25.1 Å². The van der Waals surface area contributed by atoms with Crippen molar-refractivity contribution < 1.29 is 9.59 Å². The molecule has 0 unspecified atom stereocenters. The number of carbonyl (C=O) groups is 2. The van der Waals surface area contributed by atoms with Gasteiger partial charge in [-0.15, -0.1) is 0 Å². The van der Waals surface area contributed by atoms with Gasteiger partial charge in [0.05, 0.1) is 30.8 Å². The van der Waals surface area contributed by atoms with Crippen molar-refractivity contribution in [3.63, 3.8) is 0 Å². The predicted molar refractivity (Wildman–Crippen MR) is 152 cm³/mol. The smallest absolute Gasteiger partial charge is 0.217 e. The highest BCUT2D eigenvalue weighted by molar-refractivity contribution is 6.47. The van der Waals surface area contributed by atoms with E-state index in [0.29, 0.717) is 31.2 Å². The van der Waals surface area contributed by atoms with Gasteiger partial charge in [0, 0.05) is 63.8 Å². The second kappa shape index (κ2) is 16.4. The third-order valence-corrected chi connectivity index (χ3v) is 7.32. The van der Waals surface area contributed by atoms with Gasteiger partial charge in [0.2, 0.25) is 11.8 Å². The highest BCUT2D eigenvalue weighted by atomic mass is 35.5. The lowest BCUT2D eigenvalue weighted by Gasteiger charge is -2.34. The molecule has 2 saturated heterocycles. The quantitative estimate of drug-likeness (QED) is 0.429. The number of hydrogen-bond acceptors (Lipinski definition) is 6. The molecule has 37 heavy (non-hydrogen) atoms. The largest absolute Gasteiger partial charge is 0.369 e. The summed E-state index contributed by atoms with van der Waals surface area (Å²) < 4.78 is 0. The highest BCUT2D eigenvalue weighted by Gasteiger charge is 2.23. The summed E-state index contributed by atoms with van der Waals surface area (Å²) in [5, 5.41) is 11.3. The maximum absolute atomic E-state index is 11.0. The topological polar surface area (TPSA) is 99.2 Å². The van der Waals surface area contributed by atoms with Gasteiger partial charge in [0.15, 0.2) is 0 Å².